The zero-order chi connectivity index (χ0) is 15.5. The molecule has 0 amide bonds. The lowest BCUT2D eigenvalue weighted by Gasteiger charge is -2.14. The molecule has 2 rings (SSSR count). The molecular weight excluding hydrogens is 285 g/mol. The van der Waals surface area contributed by atoms with Crippen LogP contribution in [0, 0.1) is 6.92 Å². The van der Waals surface area contributed by atoms with Gasteiger partial charge in [0.1, 0.15) is 11.5 Å². The maximum Gasteiger partial charge on any atom is 0.573 e. The molecule has 1 unspecified atom stereocenters. The Morgan fingerprint density at radius 2 is 1.95 bits per heavy atom. The summed E-state index contributed by atoms with van der Waals surface area (Å²) in [5, 5.41) is 0. The summed E-state index contributed by atoms with van der Waals surface area (Å²) in [6.45, 7) is 1.82. The van der Waals surface area contributed by atoms with Crippen molar-refractivity contribution in [2.45, 2.75) is 25.7 Å². The molecule has 1 heterocycles. The molecule has 114 valence electrons. The van der Waals surface area contributed by atoms with E-state index in [1.807, 2.05) is 13.0 Å². The molecule has 21 heavy (non-hydrogen) atoms. The maximum absolute atomic E-state index is 12.1. The van der Waals surface area contributed by atoms with Crippen LogP contribution in [-0.2, 0) is 6.42 Å². The number of benzene rings is 1. The molecule has 0 saturated heterocycles. The summed E-state index contributed by atoms with van der Waals surface area (Å²) >= 11 is 0. The van der Waals surface area contributed by atoms with E-state index < -0.39 is 6.36 Å². The molecule has 0 aliphatic rings. The Kier molecular flexibility index (Phi) is 4.54. The van der Waals surface area contributed by atoms with Gasteiger partial charge in [-0.05, 0) is 37.1 Å². The first-order chi connectivity index (χ1) is 9.87. The minimum atomic E-state index is -4.68. The highest BCUT2D eigenvalue weighted by atomic mass is 19.4. The van der Waals surface area contributed by atoms with Gasteiger partial charge in [0.05, 0.1) is 12.3 Å². The van der Waals surface area contributed by atoms with Crippen LogP contribution in [0.4, 0.5) is 13.2 Å². The summed E-state index contributed by atoms with van der Waals surface area (Å²) in [6.07, 6.45) is -2.57. The number of rotatable bonds is 5. The van der Waals surface area contributed by atoms with Crippen molar-refractivity contribution in [2.75, 3.05) is 0 Å². The Hall–Kier alpha value is -1.99. The standard InChI is InChI=1S/C14H15F3N2O2/c1-9-6-11(8-20-9)13(19-18)7-10-2-4-12(5-3-10)21-14(15,16)17/h2-6,8,13,19H,7,18H2,1H3. The quantitative estimate of drug-likeness (QED) is 0.657. The normalized spacial score (nSPS) is 13.2. The molecule has 1 aromatic heterocycles. The van der Waals surface area contributed by atoms with Gasteiger partial charge in [0.15, 0.2) is 0 Å². The van der Waals surface area contributed by atoms with Crippen molar-refractivity contribution in [1.82, 2.24) is 5.43 Å². The van der Waals surface area contributed by atoms with Gasteiger partial charge in [-0.15, -0.1) is 13.2 Å². The minimum Gasteiger partial charge on any atom is -0.469 e. The number of ether oxygens (including phenoxy) is 1. The second-order valence-corrected chi connectivity index (χ2v) is 4.61. The number of halogens is 3. The molecule has 1 aromatic carbocycles. The van der Waals surface area contributed by atoms with Crippen LogP contribution in [0.15, 0.2) is 41.0 Å². The molecule has 0 radical (unpaired) electrons. The van der Waals surface area contributed by atoms with Gasteiger partial charge in [0.25, 0.3) is 0 Å². The molecule has 7 heteroatoms. The molecule has 0 aliphatic carbocycles. The molecule has 0 saturated carbocycles. The summed E-state index contributed by atoms with van der Waals surface area (Å²) in [5.41, 5.74) is 4.37. The fourth-order valence-electron chi connectivity index (χ4n) is 1.98. The van der Waals surface area contributed by atoms with Crippen molar-refractivity contribution in [3.8, 4) is 5.75 Å². The van der Waals surface area contributed by atoms with E-state index in [9.17, 15) is 13.2 Å². The summed E-state index contributed by atoms with van der Waals surface area (Å²) in [6, 6.07) is 7.35. The van der Waals surface area contributed by atoms with Gasteiger partial charge in [-0.1, -0.05) is 12.1 Å². The third kappa shape index (κ3) is 4.51. The smallest absolute Gasteiger partial charge is 0.469 e. The fourth-order valence-corrected chi connectivity index (χ4v) is 1.98. The highest BCUT2D eigenvalue weighted by Crippen LogP contribution is 2.25. The predicted molar refractivity (Wildman–Crippen MR) is 70.3 cm³/mol. The van der Waals surface area contributed by atoms with Gasteiger partial charge in [0.2, 0.25) is 0 Å². The third-order valence-corrected chi connectivity index (χ3v) is 2.95. The van der Waals surface area contributed by atoms with Gasteiger partial charge < -0.3 is 9.15 Å². The number of aryl methyl sites for hydroxylation is 1. The topological polar surface area (TPSA) is 60.4 Å². The van der Waals surface area contributed by atoms with Crippen LogP contribution in [0.3, 0.4) is 0 Å². The molecule has 0 bridgehead atoms. The van der Waals surface area contributed by atoms with E-state index in [-0.39, 0.29) is 11.8 Å². The van der Waals surface area contributed by atoms with E-state index in [1.54, 1.807) is 18.4 Å². The van der Waals surface area contributed by atoms with E-state index in [1.165, 1.54) is 12.1 Å². The second kappa shape index (κ2) is 6.19. The zero-order valence-electron chi connectivity index (χ0n) is 11.3. The van der Waals surface area contributed by atoms with Crippen molar-refractivity contribution < 1.29 is 22.3 Å². The van der Waals surface area contributed by atoms with Gasteiger partial charge >= 0.3 is 6.36 Å². The first-order valence-corrected chi connectivity index (χ1v) is 6.23. The van der Waals surface area contributed by atoms with Gasteiger partial charge in [-0.3, -0.25) is 11.3 Å². The van der Waals surface area contributed by atoms with Crippen LogP contribution in [0.2, 0.25) is 0 Å². The molecule has 0 spiro atoms. The van der Waals surface area contributed by atoms with Crippen molar-refractivity contribution >= 4 is 0 Å². The lowest BCUT2D eigenvalue weighted by atomic mass is 10.0. The van der Waals surface area contributed by atoms with Gasteiger partial charge in [0, 0.05) is 5.56 Å². The SMILES string of the molecule is Cc1cc(C(Cc2ccc(OC(F)(F)F)cc2)NN)co1. The number of alkyl halides is 3. The fraction of sp³-hybridized carbons (Fsp3) is 0.286. The van der Waals surface area contributed by atoms with Crippen LogP contribution in [-0.4, -0.2) is 6.36 Å². The van der Waals surface area contributed by atoms with Crippen molar-refractivity contribution in [2.24, 2.45) is 5.84 Å². The number of hydrogen-bond acceptors (Lipinski definition) is 4. The van der Waals surface area contributed by atoms with E-state index in [0.29, 0.717) is 6.42 Å². The largest absolute Gasteiger partial charge is 0.573 e. The van der Waals surface area contributed by atoms with Crippen LogP contribution in [0.1, 0.15) is 22.9 Å². The monoisotopic (exact) mass is 300 g/mol. The second-order valence-electron chi connectivity index (χ2n) is 4.61. The van der Waals surface area contributed by atoms with Gasteiger partial charge in [-0.2, -0.15) is 0 Å². The summed E-state index contributed by atoms with van der Waals surface area (Å²) in [4.78, 5) is 0. The average molecular weight is 300 g/mol. The predicted octanol–water partition coefficient (Wildman–Crippen LogP) is 3.23. The molecule has 4 nitrogen and oxygen atoms in total. The van der Waals surface area contributed by atoms with Crippen molar-refractivity contribution in [3.63, 3.8) is 0 Å². The van der Waals surface area contributed by atoms with Crippen LogP contribution < -0.4 is 16.0 Å². The molecular formula is C14H15F3N2O2. The zero-order valence-corrected chi connectivity index (χ0v) is 11.3. The number of nitrogens with two attached hydrogens (primary N) is 1. The lowest BCUT2D eigenvalue weighted by molar-refractivity contribution is -0.274. The Morgan fingerprint density at radius 1 is 1.29 bits per heavy atom. The van der Waals surface area contributed by atoms with Crippen LogP contribution in [0.25, 0.3) is 0 Å². The Balaban J connectivity index is 2.05. The summed E-state index contributed by atoms with van der Waals surface area (Å²) < 4.78 is 45.3. The molecule has 2 aromatic rings. The third-order valence-electron chi connectivity index (χ3n) is 2.95. The van der Waals surface area contributed by atoms with Crippen LogP contribution in [0.5, 0.6) is 5.75 Å². The average Bonchev–Trinajstić information content (AvgIpc) is 2.82. The number of hydrogen-bond donors (Lipinski definition) is 2. The first-order valence-electron chi connectivity index (χ1n) is 6.23. The minimum absolute atomic E-state index is 0.183. The number of hydrazine groups is 1. The summed E-state index contributed by atoms with van der Waals surface area (Å²) in [5.74, 6) is 6.03. The lowest BCUT2D eigenvalue weighted by Crippen LogP contribution is -2.29. The van der Waals surface area contributed by atoms with Gasteiger partial charge in [-0.25, -0.2) is 0 Å². The maximum atomic E-state index is 12.1. The molecule has 3 N–H and O–H groups in total. The Bertz CT molecular complexity index is 579. The first kappa shape index (κ1) is 15.4. The molecule has 0 aliphatic heterocycles. The van der Waals surface area contributed by atoms with E-state index in [4.69, 9.17) is 10.3 Å². The Labute approximate surface area is 119 Å². The Morgan fingerprint density at radius 3 is 2.43 bits per heavy atom. The highest BCUT2D eigenvalue weighted by Gasteiger charge is 2.30. The van der Waals surface area contributed by atoms with E-state index >= 15 is 0 Å². The number of furan rings is 1. The van der Waals surface area contributed by atoms with Crippen molar-refractivity contribution in [1.29, 1.82) is 0 Å². The van der Waals surface area contributed by atoms with Crippen LogP contribution >= 0.6 is 0 Å². The van der Waals surface area contributed by atoms with Crippen molar-refractivity contribution in [3.05, 3.63) is 53.5 Å². The molecule has 1 atom stereocenters. The molecule has 0 fully saturated rings. The van der Waals surface area contributed by atoms with E-state index in [0.717, 1.165) is 16.9 Å². The van der Waals surface area contributed by atoms with E-state index in [2.05, 4.69) is 10.2 Å². The number of nitrogens with one attached hydrogen (secondary N) is 1. The summed E-state index contributed by atoms with van der Waals surface area (Å²) in [7, 11) is 0. The highest BCUT2D eigenvalue weighted by molar-refractivity contribution is 5.29.